The first-order valence-electron chi connectivity index (χ1n) is 10.00. The molecular formula is C23H23N5O3. The number of urea groups is 1. The highest BCUT2D eigenvalue weighted by Crippen LogP contribution is 2.22. The number of hydrogen-bond donors (Lipinski definition) is 2. The summed E-state index contributed by atoms with van der Waals surface area (Å²) in [6, 6.07) is 17.7. The van der Waals surface area contributed by atoms with Crippen molar-refractivity contribution in [1.29, 1.82) is 0 Å². The zero-order valence-electron chi connectivity index (χ0n) is 17.3. The highest BCUT2D eigenvalue weighted by molar-refractivity contribution is 6.09. The van der Waals surface area contributed by atoms with Crippen LogP contribution in [0.25, 0.3) is 5.69 Å². The molecule has 8 nitrogen and oxygen atoms in total. The molecular weight excluding hydrogens is 394 g/mol. The molecule has 0 spiro atoms. The van der Waals surface area contributed by atoms with E-state index < -0.39 is 23.4 Å². The first-order chi connectivity index (χ1) is 14.9. The highest BCUT2D eigenvalue weighted by atomic mass is 16.2. The van der Waals surface area contributed by atoms with Crippen molar-refractivity contribution in [2.24, 2.45) is 0 Å². The number of imide groups is 1. The van der Waals surface area contributed by atoms with Gasteiger partial charge in [0, 0.05) is 17.5 Å². The molecule has 0 bridgehead atoms. The number of hydrogen-bond acceptors (Lipinski definition) is 4. The van der Waals surface area contributed by atoms with Crippen LogP contribution in [0.1, 0.15) is 35.0 Å². The van der Waals surface area contributed by atoms with Crippen molar-refractivity contribution in [3.63, 3.8) is 0 Å². The second kappa shape index (κ2) is 8.06. The van der Waals surface area contributed by atoms with Gasteiger partial charge in [0.2, 0.25) is 0 Å². The van der Waals surface area contributed by atoms with E-state index in [2.05, 4.69) is 15.8 Å². The van der Waals surface area contributed by atoms with Crippen molar-refractivity contribution in [2.75, 3.05) is 0 Å². The monoisotopic (exact) mass is 417 g/mol. The second-order valence-electron chi connectivity index (χ2n) is 7.76. The Kier molecular flexibility index (Phi) is 5.29. The zero-order chi connectivity index (χ0) is 22.0. The number of aryl methyl sites for hydroxylation is 2. The van der Waals surface area contributed by atoms with Crippen LogP contribution in [-0.2, 0) is 11.2 Å². The van der Waals surface area contributed by atoms with Gasteiger partial charge in [-0.1, -0.05) is 30.3 Å². The Morgan fingerprint density at radius 2 is 1.77 bits per heavy atom. The van der Waals surface area contributed by atoms with Crippen LogP contribution < -0.4 is 10.7 Å². The molecule has 2 N–H and O–H groups in total. The lowest BCUT2D eigenvalue weighted by atomic mass is 9.93. The van der Waals surface area contributed by atoms with Gasteiger partial charge in [0.1, 0.15) is 5.54 Å². The lowest BCUT2D eigenvalue weighted by Crippen LogP contribution is -2.48. The van der Waals surface area contributed by atoms with Crippen LogP contribution in [0.15, 0.2) is 66.9 Å². The number of aromatic nitrogens is 2. The summed E-state index contributed by atoms with van der Waals surface area (Å²) in [5.41, 5.74) is 4.51. The van der Waals surface area contributed by atoms with Crippen LogP contribution in [-0.4, -0.2) is 38.2 Å². The van der Waals surface area contributed by atoms with E-state index in [1.54, 1.807) is 42.1 Å². The van der Waals surface area contributed by atoms with Crippen LogP contribution in [0.4, 0.5) is 4.79 Å². The average Bonchev–Trinajstić information content (AvgIpc) is 3.30. The summed E-state index contributed by atoms with van der Waals surface area (Å²) in [6.45, 7) is 3.60. The number of rotatable bonds is 6. The van der Waals surface area contributed by atoms with E-state index in [1.807, 2.05) is 43.3 Å². The largest absolute Gasteiger partial charge is 0.344 e. The molecule has 1 fully saturated rings. The van der Waals surface area contributed by atoms with Crippen molar-refractivity contribution < 1.29 is 14.4 Å². The van der Waals surface area contributed by atoms with Gasteiger partial charge >= 0.3 is 6.03 Å². The number of nitrogens with one attached hydrogen (secondary N) is 2. The number of carbonyl (C=O) groups is 3. The fourth-order valence-electron chi connectivity index (χ4n) is 3.55. The van der Waals surface area contributed by atoms with Gasteiger partial charge in [0.05, 0.1) is 5.69 Å². The summed E-state index contributed by atoms with van der Waals surface area (Å²) in [5, 5.41) is 7.69. The minimum absolute atomic E-state index is 0.326. The van der Waals surface area contributed by atoms with Crippen LogP contribution in [0, 0.1) is 6.92 Å². The van der Waals surface area contributed by atoms with E-state index in [1.165, 1.54) is 0 Å². The van der Waals surface area contributed by atoms with Crippen molar-refractivity contribution in [3.8, 4) is 5.69 Å². The Balaban J connectivity index is 1.42. The molecule has 0 aliphatic carbocycles. The Labute approximate surface area is 179 Å². The van der Waals surface area contributed by atoms with Crippen LogP contribution in [0.3, 0.4) is 0 Å². The van der Waals surface area contributed by atoms with Crippen LogP contribution in [0.2, 0.25) is 0 Å². The van der Waals surface area contributed by atoms with Crippen molar-refractivity contribution >= 4 is 17.8 Å². The smallest absolute Gasteiger partial charge is 0.322 e. The lowest BCUT2D eigenvalue weighted by Gasteiger charge is -2.21. The van der Waals surface area contributed by atoms with Gasteiger partial charge in [-0.3, -0.25) is 15.0 Å². The summed E-state index contributed by atoms with van der Waals surface area (Å²) >= 11 is 0. The van der Waals surface area contributed by atoms with Crippen molar-refractivity contribution in [1.82, 2.24) is 25.5 Å². The fourth-order valence-corrected chi connectivity index (χ4v) is 3.55. The fraction of sp³-hybridized carbons (Fsp3) is 0.217. The van der Waals surface area contributed by atoms with Crippen LogP contribution >= 0.6 is 0 Å². The molecule has 4 rings (SSSR count). The normalized spacial score (nSPS) is 18.2. The third-order valence-electron chi connectivity index (χ3n) is 5.44. The molecule has 0 saturated carbocycles. The number of benzene rings is 2. The molecule has 1 aromatic heterocycles. The third-order valence-corrected chi connectivity index (χ3v) is 5.44. The Bertz CT molecular complexity index is 1120. The molecule has 1 saturated heterocycles. The molecule has 2 aromatic carbocycles. The molecule has 0 radical (unpaired) electrons. The number of hydrazine groups is 1. The van der Waals surface area contributed by atoms with E-state index in [0.29, 0.717) is 18.4 Å². The zero-order valence-corrected chi connectivity index (χ0v) is 17.3. The van der Waals surface area contributed by atoms with E-state index in [0.717, 1.165) is 22.0 Å². The van der Waals surface area contributed by atoms with E-state index in [9.17, 15) is 14.4 Å². The van der Waals surface area contributed by atoms with E-state index >= 15 is 0 Å². The SMILES string of the molecule is Cc1ccnn1-c1ccc(C(=O)NN2C(=O)N[C@](C)(CCc3ccccc3)C2=O)cc1. The van der Waals surface area contributed by atoms with Gasteiger partial charge < -0.3 is 5.32 Å². The van der Waals surface area contributed by atoms with Gasteiger partial charge in [-0.25, -0.2) is 9.48 Å². The van der Waals surface area contributed by atoms with Crippen LogP contribution in [0.5, 0.6) is 0 Å². The quantitative estimate of drug-likeness (QED) is 0.603. The summed E-state index contributed by atoms with van der Waals surface area (Å²) in [6.07, 6.45) is 2.74. The minimum atomic E-state index is -1.08. The molecule has 31 heavy (non-hydrogen) atoms. The Morgan fingerprint density at radius 1 is 1.06 bits per heavy atom. The maximum atomic E-state index is 12.9. The third kappa shape index (κ3) is 4.05. The molecule has 1 atom stereocenters. The maximum absolute atomic E-state index is 12.9. The Hall–Kier alpha value is -3.94. The molecule has 1 aliphatic rings. The number of amides is 4. The summed E-state index contributed by atoms with van der Waals surface area (Å²) in [4.78, 5) is 37.9. The standard InChI is InChI=1S/C23H23N5O3/c1-16-13-15-24-27(16)19-10-8-18(9-11-19)20(29)26-28-21(30)23(2,25-22(28)31)14-12-17-6-4-3-5-7-17/h3-11,13,15H,12,14H2,1-2H3,(H,25,31)(H,26,29)/t23-/m1/s1. The predicted octanol–water partition coefficient (Wildman–Crippen LogP) is 2.77. The first-order valence-corrected chi connectivity index (χ1v) is 10.00. The topological polar surface area (TPSA) is 96.3 Å². The maximum Gasteiger partial charge on any atom is 0.344 e. The molecule has 2 heterocycles. The molecule has 4 amide bonds. The van der Waals surface area contributed by atoms with Gasteiger partial charge in [0.25, 0.3) is 11.8 Å². The second-order valence-corrected chi connectivity index (χ2v) is 7.76. The summed E-state index contributed by atoms with van der Waals surface area (Å²) in [5.74, 6) is -1.02. The van der Waals surface area contributed by atoms with Crippen molar-refractivity contribution in [2.45, 2.75) is 32.2 Å². The minimum Gasteiger partial charge on any atom is -0.322 e. The summed E-state index contributed by atoms with van der Waals surface area (Å²) < 4.78 is 1.75. The highest BCUT2D eigenvalue weighted by Gasteiger charge is 2.48. The predicted molar refractivity (Wildman–Crippen MR) is 114 cm³/mol. The van der Waals surface area contributed by atoms with Gasteiger partial charge in [0.15, 0.2) is 0 Å². The Morgan fingerprint density at radius 3 is 2.42 bits per heavy atom. The van der Waals surface area contributed by atoms with Gasteiger partial charge in [-0.05, 0) is 62.6 Å². The average molecular weight is 417 g/mol. The van der Waals surface area contributed by atoms with Gasteiger partial charge in [-0.15, -0.1) is 0 Å². The van der Waals surface area contributed by atoms with E-state index in [4.69, 9.17) is 0 Å². The van der Waals surface area contributed by atoms with E-state index in [-0.39, 0.29) is 0 Å². The first kappa shape index (κ1) is 20.3. The molecule has 8 heteroatoms. The molecule has 158 valence electrons. The van der Waals surface area contributed by atoms with Crippen molar-refractivity contribution in [3.05, 3.63) is 83.7 Å². The molecule has 1 aliphatic heterocycles. The van der Waals surface area contributed by atoms with Gasteiger partial charge in [-0.2, -0.15) is 10.1 Å². The number of nitrogens with zero attached hydrogens (tertiary/aromatic N) is 3. The number of carbonyl (C=O) groups excluding carboxylic acids is 3. The lowest BCUT2D eigenvalue weighted by molar-refractivity contribution is -0.132. The summed E-state index contributed by atoms with van der Waals surface area (Å²) in [7, 11) is 0. The molecule has 0 unspecified atom stereocenters. The molecule has 3 aromatic rings.